The number of nitrogens with zero attached hydrogens (tertiary/aromatic N) is 1. The van der Waals surface area contributed by atoms with Crippen molar-refractivity contribution in [2.24, 2.45) is 0 Å². The van der Waals surface area contributed by atoms with Gasteiger partial charge >= 0.3 is 0 Å². The van der Waals surface area contributed by atoms with E-state index < -0.39 is 24.6 Å². The number of hydrogen-bond donors (Lipinski definition) is 0. The SMILES string of the molecule is CC(=C(Cl)Cl)c1ccc(S(=O)(=O)Cl)c([N+](=O)[O-])c1. The Bertz CT molecular complexity index is 635. The fourth-order valence-corrected chi connectivity index (χ4v) is 2.43. The van der Waals surface area contributed by atoms with Crippen LogP contribution >= 0.6 is 33.9 Å². The average molecular weight is 331 g/mol. The van der Waals surface area contributed by atoms with Crippen LogP contribution in [0, 0.1) is 10.1 Å². The lowest BCUT2D eigenvalue weighted by atomic mass is 10.1. The molecule has 9 heteroatoms. The van der Waals surface area contributed by atoms with E-state index in [4.69, 9.17) is 33.9 Å². The number of rotatable bonds is 3. The van der Waals surface area contributed by atoms with Crippen molar-refractivity contribution >= 4 is 54.2 Å². The highest BCUT2D eigenvalue weighted by atomic mass is 35.7. The molecule has 0 amide bonds. The Labute approximate surface area is 118 Å². The zero-order valence-corrected chi connectivity index (χ0v) is 11.9. The maximum atomic E-state index is 11.2. The first kappa shape index (κ1) is 15.2. The van der Waals surface area contributed by atoms with Crippen LogP contribution in [0.2, 0.25) is 0 Å². The van der Waals surface area contributed by atoms with E-state index in [1.54, 1.807) is 6.92 Å². The van der Waals surface area contributed by atoms with Crippen LogP contribution in [0.4, 0.5) is 5.69 Å². The lowest BCUT2D eigenvalue weighted by molar-refractivity contribution is -0.387. The topological polar surface area (TPSA) is 77.3 Å². The van der Waals surface area contributed by atoms with Crippen LogP contribution in [0.1, 0.15) is 12.5 Å². The predicted molar refractivity (Wildman–Crippen MR) is 70.4 cm³/mol. The van der Waals surface area contributed by atoms with Crippen molar-refractivity contribution in [2.75, 3.05) is 0 Å². The number of hydrogen-bond acceptors (Lipinski definition) is 4. The van der Waals surface area contributed by atoms with Crippen molar-refractivity contribution in [1.29, 1.82) is 0 Å². The van der Waals surface area contributed by atoms with Crippen molar-refractivity contribution < 1.29 is 13.3 Å². The van der Waals surface area contributed by atoms with Gasteiger partial charge in [-0.15, -0.1) is 0 Å². The third kappa shape index (κ3) is 3.35. The Hall–Kier alpha value is -0.820. The molecule has 1 aromatic carbocycles. The second-order valence-corrected chi connectivity index (χ2v) is 6.75. The Balaban J connectivity index is 3.57. The third-order valence-corrected chi connectivity index (χ3v) is 4.07. The summed E-state index contributed by atoms with van der Waals surface area (Å²) in [6.45, 7) is 1.54. The average Bonchev–Trinajstić information content (AvgIpc) is 2.25. The fourth-order valence-electron chi connectivity index (χ4n) is 1.21. The molecule has 0 bridgehead atoms. The molecule has 0 unspecified atom stereocenters. The highest BCUT2D eigenvalue weighted by molar-refractivity contribution is 8.13. The summed E-state index contributed by atoms with van der Waals surface area (Å²) in [5.74, 6) is 0. The van der Waals surface area contributed by atoms with Crippen molar-refractivity contribution in [3.63, 3.8) is 0 Å². The van der Waals surface area contributed by atoms with Crippen molar-refractivity contribution in [3.05, 3.63) is 38.4 Å². The zero-order valence-electron chi connectivity index (χ0n) is 8.85. The van der Waals surface area contributed by atoms with Crippen LogP contribution in [-0.4, -0.2) is 13.3 Å². The van der Waals surface area contributed by atoms with Gasteiger partial charge in [0.15, 0.2) is 4.90 Å². The van der Waals surface area contributed by atoms with Crippen molar-refractivity contribution in [3.8, 4) is 0 Å². The number of benzene rings is 1. The van der Waals surface area contributed by atoms with Crippen LogP contribution in [0.5, 0.6) is 0 Å². The summed E-state index contributed by atoms with van der Waals surface area (Å²) in [6, 6.07) is 3.42. The fraction of sp³-hybridized carbons (Fsp3) is 0.111. The highest BCUT2D eigenvalue weighted by Crippen LogP contribution is 2.32. The van der Waals surface area contributed by atoms with Crippen LogP contribution in [0.15, 0.2) is 27.6 Å². The summed E-state index contributed by atoms with van der Waals surface area (Å²) in [7, 11) is 0.913. The van der Waals surface area contributed by atoms with E-state index in [-0.39, 0.29) is 4.49 Å². The van der Waals surface area contributed by atoms with Crippen LogP contribution in [-0.2, 0) is 9.05 Å². The minimum absolute atomic E-state index is 0.0641. The normalized spacial score (nSPS) is 11.1. The molecule has 0 saturated heterocycles. The lowest BCUT2D eigenvalue weighted by Gasteiger charge is -2.04. The zero-order chi connectivity index (χ0) is 14.1. The lowest BCUT2D eigenvalue weighted by Crippen LogP contribution is -1.99. The molecule has 0 heterocycles. The van der Waals surface area contributed by atoms with Crippen molar-refractivity contribution in [2.45, 2.75) is 11.8 Å². The Kier molecular flexibility index (Phi) is 4.61. The quantitative estimate of drug-likeness (QED) is 0.481. The minimum Gasteiger partial charge on any atom is -0.258 e. The molecular weight excluding hydrogens is 325 g/mol. The largest absolute Gasteiger partial charge is 0.289 e. The van der Waals surface area contributed by atoms with E-state index in [0.717, 1.165) is 12.1 Å². The Morgan fingerprint density at radius 1 is 1.33 bits per heavy atom. The van der Waals surface area contributed by atoms with Crippen LogP contribution < -0.4 is 0 Å². The maximum absolute atomic E-state index is 11.2. The van der Waals surface area contributed by atoms with Gasteiger partial charge < -0.3 is 0 Å². The third-order valence-electron chi connectivity index (χ3n) is 2.13. The van der Waals surface area contributed by atoms with Gasteiger partial charge in [0.05, 0.1) is 4.92 Å². The van der Waals surface area contributed by atoms with Gasteiger partial charge in [-0.1, -0.05) is 29.3 Å². The molecule has 0 N–H and O–H groups in total. The maximum Gasteiger partial charge on any atom is 0.289 e. The van der Waals surface area contributed by atoms with Gasteiger partial charge in [-0.2, -0.15) is 0 Å². The van der Waals surface area contributed by atoms with E-state index in [1.165, 1.54) is 6.07 Å². The molecule has 0 aliphatic heterocycles. The van der Waals surface area contributed by atoms with Gasteiger partial charge in [0.2, 0.25) is 0 Å². The predicted octanol–water partition coefficient (Wildman–Crippen LogP) is 3.69. The molecule has 18 heavy (non-hydrogen) atoms. The van der Waals surface area contributed by atoms with Gasteiger partial charge in [-0.05, 0) is 24.1 Å². The summed E-state index contributed by atoms with van der Waals surface area (Å²) in [5, 5.41) is 10.8. The van der Waals surface area contributed by atoms with Crippen LogP contribution in [0.3, 0.4) is 0 Å². The molecule has 1 rings (SSSR count). The Morgan fingerprint density at radius 3 is 2.28 bits per heavy atom. The second-order valence-electron chi connectivity index (χ2n) is 3.26. The van der Waals surface area contributed by atoms with Gasteiger partial charge in [0.25, 0.3) is 14.7 Å². The monoisotopic (exact) mass is 329 g/mol. The van der Waals surface area contributed by atoms with Gasteiger partial charge in [-0.25, -0.2) is 8.42 Å². The molecule has 5 nitrogen and oxygen atoms in total. The molecule has 98 valence electrons. The molecule has 0 atom stereocenters. The summed E-state index contributed by atoms with van der Waals surface area (Å²) >= 11 is 11.1. The van der Waals surface area contributed by atoms with E-state index in [2.05, 4.69) is 0 Å². The minimum atomic E-state index is -4.19. The highest BCUT2D eigenvalue weighted by Gasteiger charge is 2.24. The van der Waals surface area contributed by atoms with E-state index in [0.29, 0.717) is 11.1 Å². The van der Waals surface area contributed by atoms with E-state index in [9.17, 15) is 18.5 Å². The molecule has 0 aliphatic rings. The molecule has 0 spiro atoms. The second kappa shape index (κ2) is 5.44. The molecule has 0 radical (unpaired) electrons. The first-order chi connectivity index (χ1) is 8.14. The number of nitro groups is 1. The summed E-state index contributed by atoms with van der Waals surface area (Å²) in [4.78, 5) is 9.40. The number of allylic oxidation sites excluding steroid dienone is 1. The molecule has 1 aromatic rings. The molecule has 0 aliphatic carbocycles. The first-order valence-electron chi connectivity index (χ1n) is 4.40. The Morgan fingerprint density at radius 2 is 1.89 bits per heavy atom. The van der Waals surface area contributed by atoms with E-state index in [1.807, 2.05) is 0 Å². The summed E-state index contributed by atoms with van der Waals surface area (Å²) in [6.07, 6.45) is 0. The molecule has 0 aromatic heterocycles. The molecular formula is C9H6Cl3NO4S. The standard InChI is InChI=1S/C9H6Cl3NO4S/c1-5(9(10)11)6-2-3-8(18(12,16)17)7(4-6)13(14)15/h2-4H,1H3. The summed E-state index contributed by atoms with van der Waals surface area (Å²) in [5.41, 5.74) is 0.0992. The van der Waals surface area contributed by atoms with Gasteiger partial charge in [0, 0.05) is 16.7 Å². The number of nitro benzene ring substituents is 1. The first-order valence-corrected chi connectivity index (χ1v) is 7.46. The summed E-state index contributed by atoms with van der Waals surface area (Å²) < 4.78 is 22.3. The van der Waals surface area contributed by atoms with Gasteiger partial charge in [0.1, 0.15) is 4.49 Å². The van der Waals surface area contributed by atoms with Crippen molar-refractivity contribution in [1.82, 2.24) is 0 Å². The van der Waals surface area contributed by atoms with E-state index >= 15 is 0 Å². The molecule has 0 saturated carbocycles. The molecule has 0 fully saturated rings. The van der Waals surface area contributed by atoms with Crippen LogP contribution in [0.25, 0.3) is 5.57 Å². The number of halogens is 3. The smallest absolute Gasteiger partial charge is 0.258 e. The van der Waals surface area contributed by atoms with Gasteiger partial charge in [-0.3, -0.25) is 10.1 Å².